The zero-order valence-corrected chi connectivity index (χ0v) is 12.4. The summed E-state index contributed by atoms with van der Waals surface area (Å²) in [5.74, 6) is -0.595. The van der Waals surface area contributed by atoms with Crippen molar-refractivity contribution in [3.8, 4) is 6.07 Å². The van der Waals surface area contributed by atoms with E-state index in [-0.39, 0.29) is 5.57 Å². The molecular weight excluding hydrogens is 299 g/mol. The molecule has 0 saturated heterocycles. The summed E-state index contributed by atoms with van der Waals surface area (Å²) < 4.78 is 0. The van der Waals surface area contributed by atoms with E-state index in [0.717, 1.165) is 0 Å². The highest BCUT2D eigenvalue weighted by Crippen LogP contribution is 2.19. The Hall–Kier alpha value is -2.03. The van der Waals surface area contributed by atoms with Crippen LogP contribution in [0.25, 0.3) is 0 Å². The fourth-order valence-electron chi connectivity index (χ4n) is 1.22. The largest absolute Gasteiger partial charge is 0.382 e. The van der Waals surface area contributed by atoms with Gasteiger partial charge in [0.15, 0.2) is 0 Å². The molecule has 0 bridgehead atoms. The molecule has 0 heterocycles. The van der Waals surface area contributed by atoms with Gasteiger partial charge in [-0.3, -0.25) is 4.79 Å². The summed E-state index contributed by atoms with van der Waals surface area (Å²) >= 11 is 11.7. The Kier molecular flexibility index (Phi) is 6.04. The second-order valence-electron chi connectivity index (χ2n) is 3.98. The Bertz CT molecular complexity index is 603. The molecule has 0 atom stereocenters. The van der Waals surface area contributed by atoms with E-state index in [0.29, 0.717) is 15.6 Å². The zero-order valence-electron chi connectivity index (χ0n) is 10.9. The van der Waals surface area contributed by atoms with E-state index in [9.17, 15) is 4.79 Å². The maximum Gasteiger partial charge on any atom is 0.283 e. The second kappa shape index (κ2) is 7.53. The van der Waals surface area contributed by atoms with Gasteiger partial charge in [-0.25, -0.2) is 5.43 Å². The lowest BCUT2D eigenvalue weighted by molar-refractivity contribution is -0.117. The molecule has 0 unspecified atom stereocenters. The molecule has 1 N–H and O–H groups in total. The standard InChI is InChI=1S/C13H12Cl2N4O/c1-19(2)8-10(6-16)13(20)18-17-7-9-3-4-11(14)5-12(9)15/h3-5,7-8H,1-2H3,(H,18,20). The van der Waals surface area contributed by atoms with Crippen molar-refractivity contribution in [2.24, 2.45) is 5.10 Å². The number of carbonyl (C=O) groups excluding carboxylic acids is 1. The van der Waals surface area contributed by atoms with Crippen LogP contribution >= 0.6 is 23.2 Å². The number of halogens is 2. The molecular formula is C13H12Cl2N4O. The van der Waals surface area contributed by atoms with E-state index < -0.39 is 5.91 Å². The topological polar surface area (TPSA) is 68.5 Å². The first-order chi connectivity index (χ1) is 9.43. The average Bonchev–Trinajstić information content (AvgIpc) is 2.38. The van der Waals surface area contributed by atoms with Gasteiger partial charge in [0.05, 0.1) is 11.2 Å². The molecule has 1 amide bonds. The minimum Gasteiger partial charge on any atom is -0.382 e. The van der Waals surface area contributed by atoms with Gasteiger partial charge in [-0.2, -0.15) is 10.4 Å². The molecule has 0 aliphatic rings. The van der Waals surface area contributed by atoms with Crippen LogP contribution in [0.15, 0.2) is 35.1 Å². The highest BCUT2D eigenvalue weighted by Gasteiger charge is 2.07. The van der Waals surface area contributed by atoms with Gasteiger partial charge in [0.2, 0.25) is 0 Å². The zero-order chi connectivity index (χ0) is 15.1. The van der Waals surface area contributed by atoms with Crippen molar-refractivity contribution in [1.82, 2.24) is 10.3 Å². The van der Waals surface area contributed by atoms with Gasteiger partial charge >= 0.3 is 0 Å². The van der Waals surface area contributed by atoms with Crippen LogP contribution in [0.4, 0.5) is 0 Å². The van der Waals surface area contributed by atoms with Gasteiger partial charge in [-0.05, 0) is 12.1 Å². The number of benzene rings is 1. The summed E-state index contributed by atoms with van der Waals surface area (Å²) in [6, 6.07) is 6.68. The van der Waals surface area contributed by atoms with Gasteiger partial charge in [0.1, 0.15) is 11.6 Å². The number of amides is 1. The Morgan fingerprint density at radius 1 is 1.45 bits per heavy atom. The highest BCUT2D eigenvalue weighted by atomic mass is 35.5. The third kappa shape index (κ3) is 4.92. The first-order valence-electron chi connectivity index (χ1n) is 5.51. The maximum absolute atomic E-state index is 11.6. The molecule has 0 aromatic heterocycles. The fraction of sp³-hybridized carbons (Fsp3) is 0.154. The lowest BCUT2D eigenvalue weighted by Gasteiger charge is -2.05. The van der Waals surface area contributed by atoms with Crippen molar-refractivity contribution < 1.29 is 4.79 Å². The number of hydrogen-bond donors (Lipinski definition) is 1. The monoisotopic (exact) mass is 310 g/mol. The van der Waals surface area contributed by atoms with E-state index in [1.54, 1.807) is 43.3 Å². The van der Waals surface area contributed by atoms with Gasteiger partial charge in [-0.15, -0.1) is 0 Å². The molecule has 5 nitrogen and oxygen atoms in total. The van der Waals surface area contributed by atoms with E-state index >= 15 is 0 Å². The quantitative estimate of drug-likeness (QED) is 0.402. The first kappa shape index (κ1) is 16.0. The molecule has 0 spiro atoms. The van der Waals surface area contributed by atoms with Gasteiger partial charge in [-0.1, -0.05) is 29.3 Å². The normalized spacial score (nSPS) is 11.2. The molecule has 104 valence electrons. The third-order valence-corrected chi connectivity index (χ3v) is 2.65. The van der Waals surface area contributed by atoms with Crippen LogP contribution < -0.4 is 5.43 Å². The summed E-state index contributed by atoms with van der Waals surface area (Å²) in [5, 5.41) is 13.5. The summed E-state index contributed by atoms with van der Waals surface area (Å²) in [6.07, 6.45) is 2.78. The fourth-order valence-corrected chi connectivity index (χ4v) is 1.68. The minimum absolute atomic E-state index is 0.0469. The number of nitrogens with zero attached hydrogens (tertiary/aromatic N) is 3. The molecule has 0 aliphatic carbocycles. The molecule has 0 radical (unpaired) electrons. The van der Waals surface area contributed by atoms with Crippen LogP contribution in [0, 0.1) is 11.3 Å². The summed E-state index contributed by atoms with van der Waals surface area (Å²) in [7, 11) is 3.42. The number of carbonyl (C=O) groups is 1. The third-order valence-electron chi connectivity index (χ3n) is 2.08. The molecule has 0 aliphatic heterocycles. The summed E-state index contributed by atoms with van der Waals surface area (Å²) in [4.78, 5) is 13.2. The van der Waals surface area contributed by atoms with Crippen LogP contribution in [0.3, 0.4) is 0 Å². The van der Waals surface area contributed by atoms with Gasteiger partial charge in [0.25, 0.3) is 5.91 Å². The number of nitrogens with one attached hydrogen (secondary N) is 1. The van der Waals surface area contributed by atoms with E-state index in [1.165, 1.54) is 12.4 Å². The number of hydrazone groups is 1. The minimum atomic E-state index is -0.595. The van der Waals surface area contributed by atoms with Crippen molar-refractivity contribution in [3.05, 3.63) is 45.6 Å². The van der Waals surface area contributed by atoms with Crippen LogP contribution in [0.1, 0.15) is 5.56 Å². The Morgan fingerprint density at radius 3 is 2.70 bits per heavy atom. The van der Waals surface area contributed by atoms with Crippen molar-refractivity contribution in [2.75, 3.05) is 14.1 Å². The number of rotatable bonds is 4. The summed E-state index contributed by atoms with van der Waals surface area (Å²) in [5.41, 5.74) is 2.81. The van der Waals surface area contributed by atoms with Crippen LogP contribution in [0.2, 0.25) is 10.0 Å². The lowest BCUT2D eigenvalue weighted by Crippen LogP contribution is -2.20. The number of hydrogen-bond acceptors (Lipinski definition) is 4. The van der Waals surface area contributed by atoms with Crippen molar-refractivity contribution in [1.29, 1.82) is 5.26 Å². The SMILES string of the molecule is CN(C)C=C(C#N)C(=O)NN=Cc1ccc(Cl)cc1Cl. The van der Waals surface area contributed by atoms with Crippen LogP contribution in [0.5, 0.6) is 0 Å². The molecule has 20 heavy (non-hydrogen) atoms. The van der Waals surface area contributed by atoms with Crippen molar-refractivity contribution in [3.63, 3.8) is 0 Å². The van der Waals surface area contributed by atoms with E-state index in [2.05, 4.69) is 10.5 Å². The highest BCUT2D eigenvalue weighted by molar-refractivity contribution is 6.36. The van der Waals surface area contributed by atoms with E-state index in [4.69, 9.17) is 28.5 Å². The Balaban J connectivity index is 2.74. The van der Waals surface area contributed by atoms with Crippen LogP contribution in [-0.4, -0.2) is 31.1 Å². The molecule has 1 aromatic rings. The van der Waals surface area contributed by atoms with Gasteiger partial charge in [0, 0.05) is 30.9 Å². The Morgan fingerprint density at radius 2 is 2.15 bits per heavy atom. The smallest absolute Gasteiger partial charge is 0.283 e. The van der Waals surface area contributed by atoms with Crippen molar-refractivity contribution in [2.45, 2.75) is 0 Å². The molecule has 1 rings (SSSR count). The average molecular weight is 311 g/mol. The molecule has 1 aromatic carbocycles. The molecule has 7 heteroatoms. The van der Waals surface area contributed by atoms with E-state index in [1.807, 2.05) is 0 Å². The lowest BCUT2D eigenvalue weighted by atomic mass is 10.2. The van der Waals surface area contributed by atoms with Gasteiger partial charge < -0.3 is 4.90 Å². The second-order valence-corrected chi connectivity index (χ2v) is 4.83. The predicted octanol–water partition coefficient (Wildman–Crippen LogP) is 2.41. The van der Waals surface area contributed by atoms with Crippen LogP contribution in [-0.2, 0) is 4.79 Å². The summed E-state index contributed by atoms with van der Waals surface area (Å²) in [6.45, 7) is 0. The predicted molar refractivity (Wildman–Crippen MR) is 79.6 cm³/mol. The molecule has 0 saturated carbocycles. The molecule has 0 fully saturated rings. The maximum atomic E-state index is 11.6. The first-order valence-corrected chi connectivity index (χ1v) is 6.26. The van der Waals surface area contributed by atoms with Crippen molar-refractivity contribution >= 4 is 35.3 Å². The Labute approximate surface area is 127 Å². The number of nitriles is 1.